The van der Waals surface area contributed by atoms with Gasteiger partial charge < -0.3 is 5.73 Å². The summed E-state index contributed by atoms with van der Waals surface area (Å²) in [6, 6.07) is 0.149. The van der Waals surface area contributed by atoms with E-state index in [1.807, 2.05) is 0 Å². The highest BCUT2D eigenvalue weighted by molar-refractivity contribution is 7.05. The highest BCUT2D eigenvalue weighted by Crippen LogP contribution is 2.23. The molecule has 0 aliphatic carbocycles. The maximum absolute atomic E-state index is 6.19. The van der Waals surface area contributed by atoms with Crippen LogP contribution < -0.4 is 5.73 Å². The van der Waals surface area contributed by atoms with Gasteiger partial charge in [-0.3, -0.25) is 0 Å². The van der Waals surface area contributed by atoms with Crippen LogP contribution in [0.4, 0.5) is 0 Å². The van der Waals surface area contributed by atoms with Gasteiger partial charge in [-0.2, -0.15) is 0 Å². The molecular formula is C13H25N3S. The molecule has 3 nitrogen and oxygen atoms in total. The van der Waals surface area contributed by atoms with Crippen LogP contribution in [0.15, 0.2) is 0 Å². The predicted octanol–water partition coefficient (Wildman–Crippen LogP) is 3.85. The number of hydrogen-bond donors (Lipinski definition) is 1. The van der Waals surface area contributed by atoms with Crippen LogP contribution in [-0.4, -0.2) is 9.59 Å². The molecule has 0 aliphatic heterocycles. The summed E-state index contributed by atoms with van der Waals surface area (Å²) in [5.74, 6) is 0. The van der Waals surface area contributed by atoms with E-state index in [2.05, 4.69) is 23.4 Å². The molecule has 0 amide bonds. The van der Waals surface area contributed by atoms with Crippen molar-refractivity contribution in [1.82, 2.24) is 9.59 Å². The first-order valence-electron chi connectivity index (χ1n) is 6.86. The predicted molar refractivity (Wildman–Crippen MR) is 74.2 cm³/mol. The molecule has 0 bridgehead atoms. The monoisotopic (exact) mass is 255 g/mol. The summed E-state index contributed by atoms with van der Waals surface area (Å²) in [4.78, 5) is 1.20. The van der Waals surface area contributed by atoms with E-state index in [9.17, 15) is 0 Å². The summed E-state index contributed by atoms with van der Waals surface area (Å²) in [7, 11) is 0. The molecule has 0 aliphatic rings. The van der Waals surface area contributed by atoms with E-state index in [-0.39, 0.29) is 6.04 Å². The Kier molecular flexibility index (Phi) is 7.37. The maximum atomic E-state index is 6.19. The van der Waals surface area contributed by atoms with Crippen LogP contribution >= 0.6 is 11.5 Å². The Balaban J connectivity index is 2.19. The lowest BCUT2D eigenvalue weighted by molar-refractivity contribution is 0.548. The number of aromatic nitrogens is 2. The third-order valence-electron chi connectivity index (χ3n) is 3.13. The number of nitrogens with zero attached hydrogens (tertiary/aromatic N) is 2. The van der Waals surface area contributed by atoms with Gasteiger partial charge in [0.2, 0.25) is 0 Å². The lowest BCUT2D eigenvalue weighted by Crippen LogP contribution is -2.10. The second-order valence-electron chi connectivity index (χ2n) is 4.60. The Hall–Kier alpha value is -0.480. The van der Waals surface area contributed by atoms with Gasteiger partial charge in [-0.25, -0.2) is 0 Å². The molecule has 1 aromatic rings. The molecule has 1 aromatic heterocycles. The molecule has 1 atom stereocenters. The number of nitrogens with two attached hydrogens (primary N) is 1. The third kappa shape index (κ3) is 5.13. The quantitative estimate of drug-likeness (QED) is 0.682. The molecule has 4 heteroatoms. The molecule has 2 N–H and O–H groups in total. The van der Waals surface area contributed by atoms with Crippen molar-refractivity contribution in [2.24, 2.45) is 5.73 Å². The van der Waals surface area contributed by atoms with Gasteiger partial charge in [0.05, 0.1) is 10.6 Å². The number of hydrogen-bond acceptors (Lipinski definition) is 4. The van der Waals surface area contributed by atoms with E-state index in [1.165, 1.54) is 54.9 Å². The van der Waals surface area contributed by atoms with Gasteiger partial charge in [0.25, 0.3) is 0 Å². The van der Waals surface area contributed by atoms with Gasteiger partial charge in [-0.1, -0.05) is 56.9 Å². The highest BCUT2D eigenvalue weighted by Gasteiger charge is 2.13. The van der Waals surface area contributed by atoms with Crippen molar-refractivity contribution in [3.63, 3.8) is 0 Å². The van der Waals surface area contributed by atoms with E-state index < -0.39 is 0 Å². The standard InChI is InChI=1S/C13H25N3S/c1-3-5-6-7-8-9-10-11(14)13-12(4-2)15-16-17-13/h11H,3-10,14H2,1-2H3. The van der Waals surface area contributed by atoms with Crippen LogP contribution in [-0.2, 0) is 6.42 Å². The van der Waals surface area contributed by atoms with E-state index in [0.29, 0.717) is 0 Å². The van der Waals surface area contributed by atoms with Crippen LogP contribution in [0.5, 0.6) is 0 Å². The number of aryl methyl sites for hydroxylation is 1. The molecule has 0 saturated heterocycles. The Morgan fingerprint density at radius 1 is 1.12 bits per heavy atom. The summed E-state index contributed by atoms with van der Waals surface area (Å²) in [5, 5.41) is 4.11. The van der Waals surface area contributed by atoms with E-state index in [0.717, 1.165) is 18.5 Å². The van der Waals surface area contributed by atoms with Crippen molar-refractivity contribution in [2.45, 2.75) is 71.3 Å². The van der Waals surface area contributed by atoms with E-state index in [1.54, 1.807) is 0 Å². The number of unbranched alkanes of at least 4 members (excludes halogenated alkanes) is 5. The van der Waals surface area contributed by atoms with Crippen molar-refractivity contribution >= 4 is 11.5 Å². The summed E-state index contributed by atoms with van der Waals surface area (Å²) in [5.41, 5.74) is 7.28. The van der Waals surface area contributed by atoms with Crippen molar-refractivity contribution in [3.8, 4) is 0 Å². The van der Waals surface area contributed by atoms with Gasteiger partial charge in [-0.05, 0) is 24.4 Å². The Morgan fingerprint density at radius 3 is 2.53 bits per heavy atom. The fourth-order valence-corrected chi connectivity index (χ4v) is 2.79. The summed E-state index contributed by atoms with van der Waals surface area (Å²) < 4.78 is 3.99. The first-order valence-corrected chi connectivity index (χ1v) is 7.63. The second kappa shape index (κ2) is 8.59. The maximum Gasteiger partial charge on any atom is 0.0800 e. The molecule has 17 heavy (non-hydrogen) atoms. The van der Waals surface area contributed by atoms with Gasteiger partial charge in [0, 0.05) is 6.04 Å². The normalized spacial score (nSPS) is 12.9. The molecule has 0 saturated carbocycles. The van der Waals surface area contributed by atoms with Crippen molar-refractivity contribution < 1.29 is 0 Å². The molecule has 1 rings (SSSR count). The van der Waals surface area contributed by atoms with Crippen molar-refractivity contribution in [1.29, 1.82) is 0 Å². The fourth-order valence-electron chi connectivity index (χ4n) is 2.02. The van der Waals surface area contributed by atoms with Crippen molar-refractivity contribution in [2.75, 3.05) is 0 Å². The summed E-state index contributed by atoms with van der Waals surface area (Å²) >= 11 is 1.47. The van der Waals surface area contributed by atoms with E-state index >= 15 is 0 Å². The minimum absolute atomic E-state index is 0.149. The SMILES string of the molecule is CCCCCCCCC(N)c1snnc1CC. The van der Waals surface area contributed by atoms with Crippen LogP contribution in [0.25, 0.3) is 0 Å². The summed E-state index contributed by atoms with van der Waals surface area (Å²) in [6.07, 6.45) is 9.94. The second-order valence-corrected chi connectivity index (χ2v) is 5.39. The Morgan fingerprint density at radius 2 is 1.82 bits per heavy atom. The smallest absolute Gasteiger partial charge is 0.0800 e. The molecule has 0 radical (unpaired) electrons. The molecule has 1 unspecified atom stereocenters. The minimum Gasteiger partial charge on any atom is -0.323 e. The van der Waals surface area contributed by atoms with Crippen LogP contribution in [0.1, 0.15) is 75.4 Å². The van der Waals surface area contributed by atoms with Gasteiger partial charge in [0.15, 0.2) is 0 Å². The average Bonchev–Trinajstić information content (AvgIpc) is 2.81. The van der Waals surface area contributed by atoms with Gasteiger partial charge >= 0.3 is 0 Å². The minimum atomic E-state index is 0.149. The first-order chi connectivity index (χ1) is 8.29. The van der Waals surface area contributed by atoms with Crippen LogP contribution in [0.3, 0.4) is 0 Å². The highest BCUT2D eigenvalue weighted by atomic mass is 32.1. The first kappa shape index (κ1) is 14.6. The van der Waals surface area contributed by atoms with Crippen LogP contribution in [0.2, 0.25) is 0 Å². The average molecular weight is 255 g/mol. The Labute approximate surface area is 109 Å². The lowest BCUT2D eigenvalue weighted by atomic mass is 10.0. The van der Waals surface area contributed by atoms with Crippen LogP contribution in [0, 0.1) is 0 Å². The molecule has 0 spiro atoms. The zero-order chi connectivity index (χ0) is 12.5. The summed E-state index contributed by atoms with van der Waals surface area (Å²) in [6.45, 7) is 4.36. The Bertz CT molecular complexity index is 299. The molecular weight excluding hydrogens is 230 g/mol. The fraction of sp³-hybridized carbons (Fsp3) is 0.846. The molecule has 0 aromatic carbocycles. The zero-order valence-electron chi connectivity index (χ0n) is 11.1. The van der Waals surface area contributed by atoms with Crippen molar-refractivity contribution in [3.05, 3.63) is 10.6 Å². The molecule has 98 valence electrons. The third-order valence-corrected chi connectivity index (χ3v) is 4.02. The largest absolute Gasteiger partial charge is 0.323 e. The number of rotatable bonds is 9. The topological polar surface area (TPSA) is 51.8 Å². The molecule has 0 fully saturated rings. The lowest BCUT2D eigenvalue weighted by Gasteiger charge is -2.09. The molecule has 1 heterocycles. The van der Waals surface area contributed by atoms with Gasteiger partial charge in [0.1, 0.15) is 0 Å². The zero-order valence-corrected chi connectivity index (χ0v) is 11.9. The van der Waals surface area contributed by atoms with E-state index in [4.69, 9.17) is 5.73 Å². The van der Waals surface area contributed by atoms with Gasteiger partial charge in [-0.15, -0.1) is 5.10 Å².